The van der Waals surface area contributed by atoms with E-state index in [4.69, 9.17) is 5.73 Å². The maximum atomic E-state index is 14.2. The smallest absolute Gasteiger partial charge is 0.227 e. The van der Waals surface area contributed by atoms with Gasteiger partial charge in [-0.15, -0.1) is 17.5 Å². The summed E-state index contributed by atoms with van der Waals surface area (Å²) in [6.45, 7) is 1.69. The van der Waals surface area contributed by atoms with Crippen LogP contribution in [0.1, 0.15) is 37.9 Å². The minimum absolute atomic E-state index is 0. The Morgan fingerprint density at radius 1 is 1.30 bits per heavy atom. The second kappa shape index (κ2) is 7.90. The van der Waals surface area contributed by atoms with Crippen LogP contribution in [0.15, 0.2) is 18.2 Å². The molecule has 1 heterocycles. The number of amides is 1. The van der Waals surface area contributed by atoms with Gasteiger partial charge in [0.2, 0.25) is 5.91 Å². The van der Waals surface area contributed by atoms with Crippen LogP contribution in [0.3, 0.4) is 0 Å². The van der Waals surface area contributed by atoms with E-state index in [0.717, 1.165) is 25.7 Å². The van der Waals surface area contributed by atoms with Crippen LogP contribution in [0, 0.1) is 30.5 Å². The third-order valence-electron chi connectivity index (χ3n) is 5.85. The first-order valence-electron chi connectivity index (χ1n) is 9.14. The van der Waals surface area contributed by atoms with Crippen molar-refractivity contribution in [2.45, 2.75) is 45.1 Å². The van der Waals surface area contributed by atoms with Crippen molar-refractivity contribution >= 4 is 24.0 Å². The Morgan fingerprint density at radius 3 is 2.63 bits per heavy atom. The van der Waals surface area contributed by atoms with Gasteiger partial charge in [-0.1, -0.05) is 6.42 Å². The number of hydrogen-bond donors (Lipinski definition) is 2. The lowest BCUT2D eigenvalue weighted by atomic mass is 9.65. The van der Waals surface area contributed by atoms with E-state index in [-0.39, 0.29) is 36.0 Å². The average molecular weight is 395 g/mol. The number of rotatable bonds is 3. The molecule has 9 heteroatoms. The molecular weight excluding hydrogens is 371 g/mol. The molecule has 2 bridgehead atoms. The molecule has 1 amide bonds. The number of tetrazole rings is 1. The summed E-state index contributed by atoms with van der Waals surface area (Å²) in [5.41, 5.74) is 7.07. The summed E-state index contributed by atoms with van der Waals surface area (Å²) < 4.78 is 15.5. The fraction of sp³-hybridized carbons (Fsp3) is 0.556. The summed E-state index contributed by atoms with van der Waals surface area (Å²) >= 11 is 0. The number of hydrogen-bond acceptors (Lipinski definition) is 5. The van der Waals surface area contributed by atoms with E-state index in [9.17, 15) is 9.18 Å². The SMILES string of the molecule is Cc1nnnn1-c1cc(NC(=O)C2CC3CCCC(C2)C3N)ccc1F.Cl. The van der Waals surface area contributed by atoms with Crippen LogP contribution in [0.5, 0.6) is 0 Å². The molecule has 1 aromatic carbocycles. The van der Waals surface area contributed by atoms with Crippen LogP contribution in [-0.2, 0) is 4.79 Å². The fourth-order valence-corrected chi connectivity index (χ4v) is 4.45. The molecule has 27 heavy (non-hydrogen) atoms. The Kier molecular flexibility index (Phi) is 5.76. The zero-order valence-corrected chi connectivity index (χ0v) is 16.0. The summed E-state index contributed by atoms with van der Waals surface area (Å²) in [6.07, 6.45) is 5.11. The Bertz CT molecular complexity index is 814. The molecule has 146 valence electrons. The highest BCUT2D eigenvalue weighted by Crippen LogP contribution is 2.42. The van der Waals surface area contributed by atoms with Crippen molar-refractivity contribution in [1.29, 1.82) is 0 Å². The topological polar surface area (TPSA) is 98.7 Å². The number of fused-ring (bicyclic) bond motifs is 2. The number of anilines is 1. The Hall–Kier alpha value is -2.06. The molecule has 2 fully saturated rings. The van der Waals surface area contributed by atoms with Crippen molar-refractivity contribution in [2.75, 3.05) is 5.32 Å². The van der Waals surface area contributed by atoms with Gasteiger partial charge in [0.15, 0.2) is 5.82 Å². The Labute approximate surface area is 163 Å². The Balaban J connectivity index is 0.00000210. The lowest BCUT2D eigenvalue weighted by Crippen LogP contribution is -2.48. The molecule has 7 nitrogen and oxygen atoms in total. The summed E-state index contributed by atoms with van der Waals surface area (Å²) in [5, 5.41) is 14.0. The van der Waals surface area contributed by atoms with Crippen LogP contribution in [0.4, 0.5) is 10.1 Å². The van der Waals surface area contributed by atoms with Gasteiger partial charge in [-0.2, -0.15) is 4.68 Å². The number of aryl methyl sites for hydroxylation is 1. The van der Waals surface area contributed by atoms with Gasteiger partial charge in [0.1, 0.15) is 11.5 Å². The molecule has 2 unspecified atom stereocenters. The standard InChI is InChI=1S/C18H23FN6O.ClH/c1-10-22-23-24-25(10)16-9-14(5-6-15(16)19)21-18(26)13-7-11-3-2-4-12(8-13)17(11)20;/h5-6,9,11-13,17H,2-4,7-8,20H2,1H3,(H,21,26);1H. The lowest BCUT2D eigenvalue weighted by Gasteiger charge is -2.43. The molecule has 2 saturated carbocycles. The second-order valence-electron chi connectivity index (χ2n) is 7.49. The number of nitrogens with zero attached hydrogens (tertiary/aromatic N) is 4. The van der Waals surface area contributed by atoms with Gasteiger partial charge in [-0.25, -0.2) is 4.39 Å². The summed E-state index contributed by atoms with van der Waals surface area (Å²) in [4.78, 5) is 12.8. The summed E-state index contributed by atoms with van der Waals surface area (Å²) in [6, 6.07) is 4.67. The predicted molar refractivity (Wildman–Crippen MR) is 101 cm³/mol. The van der Waals surface area contributed by atoms with E-state index in [1.165, 1.54) is 17.2 Å². The molecule has 2 aliphatic carbocycles. The first-order chi connectivity index (χ1) is 12.5. The number of nitrogens with one attached hydrogen (secondary N) is 1. The van der Waals surface area contributed by atoms with Crippen molar-refractivity contribution in [2.24, 2.45) is 23.5 Å². The van der Waals surface area contributed by atoms with Crippen LogP contribution in [0.2, 0.25) is 0 Å². The van der Waals surface area contributed by atoms with Crippen molar-refractivity contribution in [1.82, 2.24) is 20.2 Å². The van der Waals surface area contributed by atoms with E-state index in [0.29, 0.717) is 23.3 Å². The highest BCUT2D eigenvalue weighted by molar-refractivity contribution is 5.93. The van der Waals surface area contributed by atoms with E-state index >= 15 is 0 Å². The van der Waals surface area contributed by atoms with E-state index in [1.54, 1.807) is 19.1 Å². The number of carbonyl (C=O) groups excluding carboxylic acids is 1. The van der Waals surface area contributed by atoms with Gasteiger partial charge in [-0.05, 0) is 73.1 Å². The van der Waals surface area contributed by atoms with Crippen molar-refractivity contribution in [3.05, 3.63) is 29.8 Å². The predicted octanol–water partition coefficient (Wildman–Crippen LogP) is 2.62. The minimum atomic E-state index is -0.448. The third-order valence-corrected chi connectivity index (χ3v) is 5.85. The molecular formula is C18H24ClFN6O. The lowest BCUT2D eigenvalue weighted by molar-refractivity contribution is -0.122. The van der Waals surface area contributed by atoms with E-state index in [1.807, 2.05) is 0 Å². The van der Waals surface area contributed by atoms with Crippen molar-refractivity contribution < 1.29 is 9.18 Å². The third kappa shape index (κ3) is 3.82. The van der Waals surface area contributed by atoms with Crippen molar-refractivity contribution in [3.8, 4) is 5.69 Å². The van der Waals surface area contributed by atoms with Gasteiger partial charge >= 0.3 is 0 Å². The zero-order chi connectivity index (χ0) is 18.3. The van der Waals surface area contributed by atoms with Crippen LogP contribution in [-0.4, -0.2) is 32.2 Å². The molecule has 0 radical (unpaired) electrons. The Morgan fingerprint density at radius 2 is 2.00 bits per heavy atom. The summed E-state index contributed by atoms with van der Waals surface area (Å²) in [5.74, 6) is 0.850. The number of carbonyl (C=O) groups is 1. The van der Waals surface area contributed by atoms with Gasteiger partial charge in [0.05, 0.1) is 0 Å². The first-order valence-corrected chi connectivity index (χ1v) is 9.14. The maximum absolute atomic E-state index is 14.2. The number of benzene rings is 1. The number of halogens is 2. The molecule has 2 aromatic rings. The highest BCUT2D eigenvalue weighted by Gasteiger charge is 2.40. The van der Waals surface area contributed by atoms with Crippen LogP contribution < -0.4 is 11.1 Å². The molecule has 3 N–H and O–H groups in total. The second-order valence-corrected chi connectivity index (χ2v) is 7.49. The van der Waals surface area contributed by atoms with Crippen LogP contribution in [0.25, 0.3) is 5.69 Å². The average Bonchev–Trinajstić information content (AvgIpc) is 3.02. The normalized spacial score (nSPS) is 26.9. The molecule has 0 spiro atoms. The zero-order valence-electron chi connectivity index (χ0n) is 15.1. The fourth-order valence-electron chi connectivity index (χ4n) is 4.45. The van der Waals surface area contributed by atoms with Crippen LogP contribution >= 0.6 is 12.4 Å². The minimum Gasteiger partial charge on any atom is -0.327 e. The van der Waals surface area contributed by atoms with Gasteiger partial charge in [0.25, 0.3) is 0 Å². The molecule has 2 aliphatic rings. The van der Waals surface area contributed by atoms with Gasteiger partial charge in [-0.3, -0.25) is 4.79 Å². The van der Waals surface area contributed by atoms with Gasteiger partial charge < -0.3 is 11.1 Å². The molecule has 0 aliphatic heterocycles. The summed E-state index contributed by atoms with van der Waals surface area (Å²) in [7, 11) is 0. The maximum Gasteiger partial charge on any atom is 0.227 e. The number of nitrogens with two attached hydrogens (primary N) is 1. The van der Waals surface area contributed by atoms with E-state index in [2.05, 4.69) is 20.8 Å². The molecule has 2 atom stereocenters. The van der Waals surface area contributed by atoms with Crippen molar-refractivity contribution in [3.63, 3.8) is 0 Å². The molecule has 4 rings (SSSR count). The van der Waals surface area contributed by atoms with Gasteiger partial charge in [0, 0.05) is 17.6 Å². The largest absolute Gasteiger partial charge is 0.327 e. The monoisotopic (exact) mass is 394 g/mol. The molecule has 0 saturated heterocycles. The molecule has 1 aromatic heterocycles. The number of aromatic nitrogens is 4. The first kappa shape index (κ1) is 19.7. The highest BCUT2D eigenvalue weighted by atomic mass is 35.5. The van der Waals surface area contributed by atoms with E-state index < -0.39 is 5.82 Å². The quantitative estimate of drug-likeness (QED) is 0.833.